The van der Waals surface area contributed by atoms with Crippen molar-refractivity contribution in [2.75, 3.05) is 0 Å². The van der Waals surface area contributed by atoms with Gasteiger partial charge in [-0.05, 0) is 25.7 Å². The molecule has 0 saturated carbocycles. The molecular weight excluding hydrogens is 412 g/mol. The molecule has 0 aliphatic carbocycles. The molecule has 31 heavy (non-hydrogen) atoms. The smallest absolute Gasteiger partial charge is 0.326 e. The number of nitrogens with one attached hydrogen (secondary N) is 3. The van der Waals surface area contributed by atoms with E-state index in [9.17, 15) is 33.9 Å². The van der Waals surface area contributed by atoms with Crippen molar-refractivity contribution in [3.8, 4) is 0 Å². The minimum absolute atomic E-state index is 0.158. The van der Waals surface area contributed by atoms with Gasteiger partial charge >= 0.3 is 5.97 Å². The zero-order chi connectivity index (χ0) is 24.3. The van der Waals surface area contributed by atoms with E-state index in [0.29, 0.717) is 6.42 Å². The minimum Gasteiger partial charge on any atom is -0.480 e. The third kappa shape index (κ3) is 11.5. The molecule has 0 rings (SSSR count). The van der Waals surface area contributed by atoms with Gasteiger partial charge in [-0.3, -0.25) is 24.0 Å². The van der Waals surface area contributed by atoms with E-state index < -0.39 is 66.1 Å². The van der Waals surface area contributed by atoms with Gasteiger partial charge in [0.25, 0.3) is 0 Å². The van der Waals surface area contributed by atoms with Crippen LogP contribution in [0.5, 0.6) is 0 Å². The zero-order valence-electron chi connectivity index (χ0n) is 17.8. The SMILES string of the molecule is CC(C)CC(N)C(=O)NC(C)C(=O)NC(CC(N)=O)C(=O)NC(CCC(N)=O)C(=O)O. The monoisotopic (exact) mass is 444 g/mol. The fraction of sp³-hybridized carbons (Fsp3) is 0.667. The van der Waals surface area contributed by atoms with Gasteiger partial charge in [-0.15, -0.1) is 0 Å². The van der Waals surface area contributed by atoms with Gasteiger partial charge < -0.3 is 38.3 Å². The van der Waals surface area contributed by atoms with Crippen LogP contribution in [-0.4, -0.2) is 64.8 Å². The topological polar surface area (TPSA) is 237 Å². The molecule has 0 spiro atoms. The summed E-state index contributed by atoms with van der Waals surface area (Å²) >= 11 is 0. The lowest BCUT2D eigenvalue weighted by molar-refractivity contribution is -0.142. The van der Waals surface area contributed by atoms with E-state index in [2.05, 4.69) is 16.0 Å². The summed E-state index contributed by atoms with van der Waals surface area (Å²) in [6, 6.07) is -4.90. The van der Waals surface area contributed by atoms with Crippen LogP contribution in [0, 0.1) is 5.92 Å². The van der Waals surface area contributed by atoms with E-state index in [1.54, 1.807) is 0 Å². The largest absolute Gasteiger partial charge is 0.480 e. The zero-order valence-corrected chi connectivity index (χ0v) is 17.8. The summed E-state index contributed by atoms with van der Waals surface area (Å²) in [5.74, 6) is -5.34. The molecule has 0 aromatic heterocycles. The number of hydrogen-bond donors (Lipinski definition) is 7. The molecule has 5 amide bonds. The molecule has 0 aromatic rings. The summed E-state index contributed by atoms with van der Waals surface area (Å²) in [6.45, 7) is 5.11. The molecule has 4 unspecified atom stereocenters. The molecule has 4 atom stereocenters. The molecule has 13 nitrogen and oxygen atoms in total. The molecular formula is C18H32N6O7. The third-order valence-corrected chi connectivity index (χ3v) is 4.15. The van der Waals surface area contributed by atoms with E-state index in [-0.39, 0.29) is 18.8 Å². The van der Waals surface area contributed by atoms with Gasteiger partial charge in [0.05, 0.1) is 12.5 Å². The number of hydrogen-bond acceptors (Lipinski definition) is 7. The summed E-state index contributed by atoms with van der Waals surface area (Å²) in [4.78, 5) is 70.3. The Bertz CT molecular complexity index is 697. The first kappa shape index (κ1) is 27.8. The second-order valence-electron chi connectivity index (χ2n) is 7.60. The number of carboxylic acid groups (broad SMARTS) is 1. The van der Waals surface area contributed by atoms with Crippen LogP contribution < -0.4 is 33.2 Å². The van der Waals surface area contributed by atoms with Gasteiger partial charge in [-0.25, -0.2) is 4.79 Å². The second-order valence-corrected chi connectivity index (χ2v) is 7.60. The van der Waals surface area contributed by atoms with Gasteiger partial charge in [-0.1, -0.05) is 13.8 Å². The molecule has 0 aliphatic rings. The average Bonchev–Trinajstić information content (AvgIpc) is 2.62. The Balaban J connectivity index is 5.13. The van der Waals surface area contributed by atoms with Crippen LogP contribution in [0.2, 0.25) is 0 Å². The van der Waals surface area contributed by atoms with Crippen LogP contribution in [0.25, 0.3) is 0 Å². The maximum absolute atomic E-state index is 12.4. The predicted octanol–water partition coefficient (Wildman–Crippen LogP) is -2.94. The lowest BCUT2D eigenvalue weighted by Gasteiger charge is -2.23. The summed E-state index contributed by atoms with van der Waals surface area (Å²) in [5, 5.41) is 16.0. The van der Waals surface area contributed by atoms with Gasteiger partial charge in [0.2, 0.25) is 29.5 Å². The molecule has 0 heterocycles. The third-order valence-electron chi connectivity index (χ3n) is 4.15. The van der Waals surface area contributed by atoms with Crippen molar-refractivity contribution in [1.82, 2.24) is 16.0 Å². The van der Waals surface area contributed by atoms with E-state index >= 15 is 0 Å². The predicted molar refractivity (Wildman–Crippen MR) is 109 cm³/mol. The van der Waals surface area contributed by atoms with Crippen molar-refractivity contribution in [2.45, 2.75) is 70.6 Å². The Kier molecular flexibility index (Phi) is 11.8. The highest BCUT2D eigenvalue weighted by molar-refractivity contribution is 5.96. The number of carbonyl (C=O) groups is 6. The first-order chi connectivity index (χ1) is 14.2. The van der Waals surface area contributed by atoms with Crippen molar-refractivity contribution in [3.63, 3.8) is 0 Å². The Morgan fingerprint density at radius 2 is 1.35 bits per heavy atom. The lowest BCUT2D eigenvalue weighted by Crippen LogP contribution is -2.57. The van der Waals surface area contributed by atoms with Crippen LogP contribution in [0.15, 0.2) is 0 Å². The molecule has 0 bridgehead atoms. The summed E-state index contributed by atoms with van der Waals surface area (Å²) in [7, 11) is 0. The fourth-order valence-electron chi connectivity index (χ4n) is 2.52. The van der Waals surface area contributed by atoms with Crippen LogP contribution in [-0.2, 0) is 28.8 Å². The Hall–Kier alpha value is -3.22. The number of aliphatic carboxylic acids is 1. The number of rotatable bonds is 14. The number of carboxylic acids is 1. The van der Waals surface area contributed by atoms with Crippen molar-refractivity contribution >= 4 is 35.5 Å². The van der Waals surface area contributed by atoms with Gasteiger partial charge in [-0.2, -0.15) is 0 Å². The second kappa shape index (κ2) is 13.2. The quantitative estimate of drug-likeness (QED) is 0.146. The van der Waals surface area contributed by atoms with Crippen LogP contribution in [0.4, 0.5) is 0 Å². The molecule has 0 radical (unpaired) electrons. The summed E-state index contributed by atoms with van der Waals surface area (Å²) in [5.41, 5.74) is 15.8. The highest BCUT2D eigenvalue weighted by atomic mass is 16.4. The van der Waals surface area contributed by atoms with E-state index in [0.717, 1.165) is 0 Å². The Morgan fingerprint density at radius 1 is 0.806 bits per heavy atom. The van der Waals surface area contributed by atoms with Crippen LogP contribution >= 0.6 is 0 Å². The van der Waals surface area contributed by atoms with E-state index in [1.165, 1.54) is 6.92 Å². The normalized spacial score (nSPS) is 14.6. The molecule has 0 saturated heterocycles. The number of primary amides is 2. The molecule has 13 heteroatoms. The first-order valence-corrected chi connectivity index (χ1v) is 9.70. The molecule has 0 aromatic carbocycles. The maximum atomic E-state index is 12.4. The number of carbonyl (C=O) groups excluding carboxylic acids is 5. The van der Waals surface area contributed by atoms with E-state index in [1.807, 2.05) is 13.8 Å². The molecule has 10 N–H and O–H groups in total. The first-order valence-electron chi connectivity index (χ1n) is 9.70. The van der Waals surface area contributed by atoms with Crippen molar-refractivity contribution < 1.29 is 33.9 Å². The van der Waals surface area contributed by atoms with Crippen molar-refractivity contribution in [2.24, 2.45) is 23.1 Å². The summed E-state index contributed by atoms with van der Waals surface area (Å²) in [6.07, 6.45) is -0.806. The number of amides is 5. The van der Waals surface area contributed by atoms with Crippen LogP contribution in [0.3, 0.4) is 0 Å². The highest BCUT2D eigenvalue weighted by Crippen LogP contribution is 2.04. The van der Waals surface area contributed by atoms with E-state index in [4.69, 9.17) is 17.2 Å². The van der Waals surface area contributed by atoms with Crippen molar-refractivity contribution in [3.05, 3.63) is 0 Å². The Labute approximate surface area is 179 Å². The number of nitrogens with two attached hydrogens (primary N) is 3. The van der Waals surface area contributed by atoms with Crippen molar-refractivity contribution in [1.29, 1.82) is 0 Å². The fourth-order valence-corrected chi connectivity index (χ4v) is 2.52. The van der Waals surface area contributed by atoms with Gasteiger partial charge in [0, 0.05) is 6.42 Å². The summed E-state index contributed by atoms with van der Waals surface area (Å²) < 4.78 is 0. The minimum atomic E-state index is -1.50. The Morgan fingerprint density at radius 3 is 1.81 bits per heavy atom. The van der Waals surface area contributed by atoms with Gasteiger partial charge in [0.1, 0.15) is 18.1 Å². The lowest BCUT2D eigenvalue weighted by atomic mass is 10.0. The van der Waals surface area contributed by atoms with Gasteiger partial charge in [0.15, 0.2) is 0 Å². The standard InChI is InChI=1S/C18H32N6O7/c1-8(2)6-10(19)16(28)22-9(3)15(27)24-12(7-14(21)26)17(29)23-11(18(30)31)4-5-13(20)25/h8-12H,4-7,19H2,1-3H3,(H2,20,25)(H2,21,26)(H,22,28)(H,23,29)(H,24,27)(H,30,31). The van der Waals surface area contributed by atoms with Crippen LogP contribution in [0.1, 0.15) is 46.5 Å². The molecule has 0 fully saturated rings. The maximum Gasteiger partial charge on any atom is 0.326 e. The average molecular weight is 444 g/mol. The molecule has 176 valence electrons. The highest BCUT2D eigenvalue weighted by Gasteiger charge is 2.30. The molecule has 0 aliphatic heterocycles.